The molecule has 1 aromatic rings. The zero-order chi connectivity index (χ0) is 12.0. The predicted octanol–water partition coefficient (Wildman–Crippen LogP) is -0.107. The lowest BCUT2D eigenvalue weighted by molar-refractivity contribution is 0.0694. The predicted molar refractivity (Wildman–Crippen MR) is 56.9 cm³/mol. The van der Waals surface area contributed by atoms with Crippen LogP contribution in [0.3, 0.4) is 0 Å². The second kappa shape index (κ2) is 6.14. The first-order valence-corrected chi connectivity index (χ1v) is 4.99. The van der Waals surface area contributed by atoms with Crippen molar-refractivity contribution < 1.29 is 15.0 Å². The molecule has 0 aliphatic heterocycles. The van der Waals surface area contributed by atoms with E-state index in [4.69, 9.17) is 10.2 Å². The van der Waals surface area contributed by atoms with Gasteiger partial charge in [-0.25, -0.2) is 14.8 Å². The molecular formula is C10H15N3O3. The summed E-state index contributed by atoms with van der Waals surface area (Å²) in [5, 5.41) is 20.7. The minimum atomic E-state index is -1.03. The number of carboxylic acids is 1. The summed E-state index contributed by atoms with van der Waals surface area (Å²) >= 11 is 0. The van der Waals surface area contributed by atoms with Gasteiger partial charge in [-0.15, -0.1) is 0 Å². The summed E-state index contributed by atoms with van der Waals surface area (Å²) in [5.74, 6) is -0.900. The van der Waals surface area contributed by atoms with Gasteiger partial charge in [0.05, 0.1) is 5.69 Å². The van der Waals surface area contributed by atoms with E-state index in [2.05, 4.69) is 15.3 Å². The van der Waals surface area contributed by atoms with Gasteiger partial charge in [0.25, 0.3) is 0 Å². The van der Waals surface area contributed by atoms with Gasteiger partial charge in [-0.1, -0.05) is 6.92 Å². The van der Waals surface area contributed by atoms with Crippen molar-refractivity contribution in [2.75, 3.05) is 13.2 Å². The summed E-state index contributed by atoms with van der Waals surface area (Å²) < 4.78 is 0. The fourth-order valence-corrected chi connectivity index (χ4v) is 1.18. The summed E-state index contributed by atoms with van der Waals surface area (Å²) in [6, 6.07) is 0. The summed E-state index contributed by atoms with van der Waals surface area (Å²) in [5.41, 5.74) is 0.555. The molecule has 1 heterocycles. The molecule has 0 saturated carbocycles. The van der Waals surface area contributed by atoms with Crippen molar-refractivity contribution in [3.63, 3.8) is 0 Å². The number of aliphatic hydroxyl groups excluding tert-OH is 1. The van der Waals surface area contributed by atoms with Crippen molar-refractivity contribution in [3.05, 3.63) is 23.8 Å². The Morgan fingerprint density at radius 1 is 1.62 bits per heavy atom. The highest BCUT2D eigenvalue weighted by atomic mass is 16.4. The number of rotatable bonds is 6. The number of aromatic carboxylic acids is 1. The highest BCUT2D eigenvalue weighted by Gasteiger charge is 2.10. The second-order valence-electron chi connectivity index (χ2n) is 3.61. The molecule has 88 valence electrons. The molecule has 1 unspecified atom stereocenters. The van der Waals surface area contributed by atoms with Crippen molar-refractivity contribution in [2.45, 2.75) is 13.5 Å². The summed E-state index contributed by atoms with van der Waals surface area (Å²) in [7, 11) is 0. The lowest BCUT2D eigenvalue weighted by Gasteiger charge is -2.09. The standard InChI is InChI=1S/C10H15N3O3/c1-7(5-14)2-11-4-9-8(10(15)16)3-12-6-13-9/h3,6-7,11,14H,2,4-5H2,1H3,(H,15,16). The van der Waals surface area contributed by atoms with E-state index in [9.17, 15) is 4.79 Å². The number of nitrogens with one attached hydrogen (secondary N) is 1. The maximum Gasteiger partial charge on any atom is 0.339 e. The van der Waals surface area contributed by atoms with E-state index < -0.39 is 5.97 Å². The van der Waals surface area contributed by atoms with Crippen LogP contribution in [0.5, 0.6) is 0 Å². The van der Waals surface area contributed by atoms with Crippen LogP contribution >= 0.6 is 0 Å². The molecule has 1 aromatic heterocycles. The van der Waals surface area contributed by atoms with Gasteiger partial charge in [-0.05, 0) is 5.92 Å². The zero-order valence-electron chi connectivity index (χ0n) is 9.05. The van der Waals surface area contributed by atoms with Gasteiger partial charge in [0.2, 0.25) is 0 Å². The number of hydrogen-bond donors (Lipinski definition) is 3. The van der Waals surface area contributed by atoms with Crippen LogP contribution in [0.1, 0.15) is 23.0 Å². The molecule has 0 spiro atoms. The monoisotopic (exact) mass is 225 g/mol. The molecule has 0 aromatic carbocycles. The van der Waals surface area contributed by atoms with Gasteiger partial charge in [0, 0.05) is 25.9 Å². The molecule has 0 radical (unpaired) electrons. The Bertz CT molecular complexity index is 357. The zero-order valence-corrected chi connectivity index (χ0v) is 9.05. The number of hydrogen-bond acceptors (Lipinski definition) is 5. The van der Waals surface area contributed by atoms with Crippen LogP contribution in [0, 0.1) is 5.92 Å². The third-order valence-corrected chi connectivity index (χ3v) is 2.12. The SMILES string of the molecule is CC(CO)CNCc1ncncc1C(=O)O. The minimum absolute atomic E-state index is 0.0998. The normalized spacial score (nSPS) is 12.4. The Morgan fingerprint density at radius 3 is 3.00 bits per heavy atom. The number of aromatic nitrogens is 2. The van der Waals surface area contributed by atoms with E-state index in [1.165, 1.54) is 12.5 Å². The minimum Gasteiger partial charge on any atom is -0.478 e. The lowest BCUT2D eigenvalue weighted by atomic mass is 10.2. The topological polar surface area (TPSA) is 95.3 Å². The van der Waals surface area contributed by atoms with Crippen LogP contribution in [0.4, 0.5) is 0 Å². The van der Waals surface area contributed by atoms with Crippen LogP contribution < -0.4 is 5.32 Å². The van der Waals surface area contributed by atoms with Gasteiger partial charge < -0.3 is 15.5 Å². The molecule has 0 bridgehead atoms. The fourth-order valence-electron chi connectivity index (χ4n) is 1.18. The van der Waals surface area contributed by atoms with E-state index in [1.807, 2.05) is 6.92 Å². The van der Waals surface area contributed by atoms with Gasteiger partial charge in [0.15, 0.2) is 0 Å². The van der Waals surface area contributed by atoms with E-state index in [0.29, 0.717) is 18.8 Å². The van der Waals surface area contributed by atoms with Crippen LogP contribution in [0.15, 0.2) is 12.5 Å². The highest BCUT2D eigenvalue weighted by molar-refractivity contribution is 5.88. The Kier molecular flexibility index (Phi) is 4.81. The molecule has 0 saturated heterocycles. The maximum atomic E-state index is 10.8. The number of carbonyl (C=O) groups is 1. The molecule has 0 amide bonds. The molecule has 0 aliphatic carbocycles. The molecular weight excluding hydrogens is 210 g/mol. The Hall–Kier alpha value is -1.53. The van der Waals surface area contributed by atoms with Crippen molar-refractivity contribution in [1.82, 2.24) is 15.3 Å². The van der Waals surface area contributed by atoms with Gasteiger partial charge in [-0.3, -0.25) is 0 Å². The first-order chi connectivity index (χ1) is 7.65. The van der Waals surface area contributed by atoms with E-state index in [1.54, 1.807) is 0 Å². The number of aliphatic hydroxyl groups is 1. The van der Waals surface area contributed by atoms with Crippen molar-refractivity contribution in [3.8, 4) is 0 Å². The molecule has 0 aliphatic rings. The number of carboxylic acid groups (broad SMARTS) is 1. The van der Waals surface area contributed by atoms with Crippen molar-refractivity contribution >= 4 is 5.97 Å². The van der Waals surface area contributed by atoms with Gasteiger partial charge >= 0.3 is 5.97 Å². The molecule has 0 fully saturated rings. The first-order valence-electron chi connectivity index (χ1n) is 4.99. The summed E-state index contributed by atoms with van der Waals surface area (Å²) in [6.07, 6.45) is 2.60. The van der Waals surface area contributed by atoms with Crippen molar-refractivity contribution in [2.24, 2.45) is 5.92 Å². The second-order valence-corrected chi connectivity index (χ2v) is 3.61. The van der Waals surface area contributed by atoms with E-state index in [0.717, 1.165) is 0 Å². The van der Waals surface area contributed by atoms with Crippen LogP contribution in [0.25, 0.3) is 0 Å². The Labute approximate surface area is 93.4 Å². The van der Waals surface area contributed by atoms with E-state index >= 15 is 0 Å². The van der Waals surface area contributed by atoms with Crippen molar-refractivity contribution in [1.29, 1.82) is 0 Å². The summed E-state index contributed by atoms with van der Waals surface area (Å²) in [6.45, 7) is 2.96. The average Bonchev–Trinajstić information content (AvgIpc) is 2.29. The molecule has 6 nitrogen and oxygen atoms in total. The Morgan fingerprint density at radius 2 is 2.38 bits per heavy atom. The fraction of sp³-hybridized carbons (Fsp3) is 0.500. The smallest absolute Gasteiger partial charge is 0.339 e. The van der Waals surface area contributed by atoms with Gasteiger partial charge in [0.1, 0.15) is 11.9 Å². The highest BCUT2D eigenvalue weighted by Crippen LogP contribution is 2.03. The largest absolute Gasteiger partial charge is 0.478 e. The molecule has 16 heavy (non-hydrogen) atoms. The lowest BCUT2D eigenvalue weighted by Crippen LogP contribution is -2.24. The van der Waals surface area contributed by atoms with Crippen LogP contribution in [-0.2, 0) is 6.54 Å². The third kappa shape index (κ3) is 3.56. The average molecular weight is 225 g/mol. The number of nitrogens with zero attached hydrogens (tertiary/aromatic N) is 2. The molecule has 1 rings (SSSR count). The summed E-state index contributed by atoms with van der Waals surface area (Å²) in [4.78, 5) is 18.4. The molecule has 1 atom stereocenters. The molecule has 6 heteroatoms. The maximum absolute atomic E-state index is 10.8. The van der Waals surface area contributed by atoms with E-state index in [-0.39, 0.29) is 18.1 Å². The third-order valence-electron chi connectivity index (χ3n) is 2.12. The molecule has 3 N–H and O–H groups in total. The van der Waals surface area contributed by atoms with Crippen LogP contribution in [0.2, 0.25) is 0 Å². The Balaban J connectivity index is 2.56. The quantitative estimate of drug-likeness (QED) is 0.625. The van der Waals surface area contributed by atoms with Gasteiger partial charge in [-0.2, -0.15) is 0 Å². The van der Waals surface area contributed by atoms with Crippen LogP contribution in [-0.4, -0.2) is 39.3 Å². The first kappa shape index (κ1) is 12.5.